The molecule has 158 valence electrons. The molecule has 0 unspecified atom stereocenters. The monoisotopic (exact) mass is 434 g/mol. The molecule has 0 radical (unpaired) electrons. The van der Waals surface area contributed by atoms with Gasteiger partial charge in [0.05, 0.1) is 18.0 Å². The van der Waals surface area contributed by atoms with E-state index in [4.69, 9.17) is 0 Å². The zero-order chi connectivity index (χ0) is 22.0. The highest BCUT2D eigenvalue weighted by atomic mass is 32.2. The van der Waals surface area contributed by atoms with E-state index in [0.717, 1.165) is 38.2 Å². The van der Waals surface area contributed by atoms with Crippen molar-refractivity contribution in [2.24, 2.45) is 0 Å². The average Bonchev–Trinajstić information content (AvgIpc) is 2.70. The van der Waals surface area contributed by atoms with Gasteiger partial charge in [0, 0.05) is 46.8 Å². The zero-order valence-corrected chi connectivity index (χ0v) is 17.9. The van der Waals surface area contributed by atoms with Crippen molar-refractivity contribution in [2.45, 2.75) is 23.6 Å². The first kappa shape index (κ1) is 20.6. The van der Waals surface area contributed by atoms with Gasteiger partial charge in [-0.25, -0.2) is 0 Å². The number of carbonyl (C=O) groups is 2. The van der Waals surface area contributed by atoms with Crippen LogP contribution in [0.5, 0.6) is 5.75 Å². The maximum atomic E-state index is 11.5. The van der Waals surface area contributed by atoms with Crippen LogP contribution in [-0.4, -0.2) is 23.6 Å². The normalized spacial score (nSPS) is 11.9. The second-order valence-corrected chi connectivity index (χ2v) is 8.23. The van der Waals surface area contributed by atoms with Crippen LogP contribution in [0.4, 0.5) is 28.4 Å². The van der Waals surface area contributed by atoms with E-state index in [2.05, 4.69) is 20.9 Å². The minimum absolute atomic E-state index is 0.128. The third-order valence-corrected chi connectivity index (χ3v) is 5.74. The molecule has 31 heavy (non-hydrogen) atoms. The van der Waals surface area contributed by atoms with Gasteiger partial charge in [-0.2, -0.15) is 0 Å². The van der Waals surface area contributed by atoms with Crippen molar-refractivity contribution < 1.29 is 14.7 Å². The summed E-state index contributed by atoms with van der Waals surface area (Å²) in [4.78, 5) is 27.0. The summed E-state index contributed by atoms with van der Waals surface area (Å²) in [5, 5.41) is 18.7. The Kier molecular flexibility index (Phi) is 5.73. The van der Waals surface area contributed by atoms with Gasteiger partial charge in [0.15, 0.2) is 0 Å². The highest BCUT2D eigenvalue weighted by Crippen LogP contribution is 2.49. The SMILES string of the molecule is CC(=O)Nc1ccc2c(c1)Sc1cc(NC(C)=O)ccc1N2CNc1cccc(O)c1. The Balaban J connectivity index is 1.70. The number of nitrogens with one attached hydrogen (secondary N) is 3. The summed E-state index contributed by atoms with van der Waals surface area (Å²) in [6.07, 6.45) is 0. The maximum Gasteiger partial charge on any atom is 0.221 e. The first-order valence-electron chi connectivity index (χ1n) is 9.70. The van der Waals surface area contributed by atoms with Crippen molar-refractivity contribution in [1.29, 1.82) is 0 Å². The summed E-state index contributed by atoms with van der Waals surface area (Å²) >= 11 is 1.58. The third kappa shape index (κ3) is 4.75. The number of carbonyl (C=O) groups excluding carboxylic acids is 2. The van der Waals surface area contributed by atoms with Crippen LogP contribution in [0.25, 0.3) is 0 Å². The topological polar surface area (TPSA) is 93.7 Å². The van der Waals surface area contributed by atoms with Crippen LogP contribution in [-0.2, 0) is 9.59 Å². The van der Waals surface area contributed by atoms with E-state index in [0.29, 0.717) is 6.67 Å². The van der Waals surface area contributed by atoms with Gasteiger partial charge < -0.3 is 26.0 Å². The van der Waals surface area contributed by atoms with E-state index >= 15 is 0 Å². The van der Waals surface area contributed by atoms with Crippen molar-refractivity contribution in [3.63, 3.8) is 0 Å². The van der Waals surface area contributed by atoms with Crippen molar-refractivity contribution in [3.8, 4) is 5.75 Å². The Labute approximate surface area is 184 Å². The number of phenolic OH excluding ortho intramolecular Hbond substituents is 1. The van der Waals surface area contributed by atoms with Crippen molar-refractivity contribution in [2.75, 3.05) is 27.5 Å². The summed E-state index contributed by atoms with van der Waals surface area (Å²) in [5.74, 6) is -0.0621. The van der Waals surface area contributed by atoms with Gasteiger partial charge >= 0.3 is 0 Å². The van der Waals surface area contributed by atoms with E-state index in [-0.39, 0.29) is 17.6 Å². The fourth-order valence-electron chi connectivity index (χ4n) is 3.40. The van der Waals surface area contributed by atoms with Crippen LogP contribution in [0.15, 0.2) is 70.5 Å². The maximum absolute atomic E-state index is 11.5. The number of rotatable bonds is 5. The molecule has 0 aromatic heterocycles. The second kappa shape index (κ2) is 8.61. The number of phenols is 1. The number of anilines is 5. The van der Waals surface area contributed by atoms with E-state index < -0.39 is 0 Å². The highest BCUT2D eigenvalue weighted by Gasteiger charge is 2.24. The largest absolute Gasteiger partial charge is 0.508 e. The van der Waals surface area contributed by atoms with Crippen molar-refractivity contribution in [1.82, 2.24) is 0 Å². The molecule has 0 spiro atoms. The molecule has 4 rings (SSSR count). The Morgan fingerprint density at radius 1 is 0.839 bits per heavy atom. The van der Waals surface area contributed by atoms with E-state index in [1.807, 2.05) is 42.5 Å². The number of aromatic hydroxyl groups is 1. The van der Waals surface area contributed by atoms with Crippen LogP contribution in [0.1, 0.15) is 13.8 Å². The summed E-state index contributed by atoms with van der Waals surface area (Å²) in [7, 11) is 0. The summed E-state index contributed by atoms with van der Waals surface area (Å²) in [6.45, 7) is 3.42. The average molecular weight is 435 g/mol. The molecule has 3 aromatic carbocycles. The highest BCUT2D eigenvalue weighted by molar-refractivity contribution is 7.99. The predicted molar refractivity (Wildman–Crippen MR) is 124 cm³/mol. The number of fused-ring (bicyclic) bond motifs is 2. The van der Waals surface area contributed by atoms with Gasteiger partial charge in [-0.1, -0.05) is 17.8 Å². The smallest absolute Gasteiger partial charge is 0.221 e. The van der Waals surface area contributed by atoms with Gasteiger partial charge in [-0.05, 0) is 48.5 Å². The molecule has 4 N–H and O–H groups in total. The van der Waals surface area contributed by atoms with Gasteiger partial charge in [0.2, 0.25) is 11.8 Å². The minimum Gasteiger partial charge on any atom is -0.508 e. The van der Waals surface area contributed by atoms with Crippen LogP contribution in [0.2, 0.25) is 0 Å². The molecule has 0 aliphatic carbocycles. The molecule has 0 fully saturated rings. The second-order valence-electron chi connectivity index (χ2n) is 7.14. The summed E-state index contributed by atoms with van der Waals surface area (Å²) in [6, 6.07) is 18.5. The van der Waals surface area contributed by atoms with Gasteiger partial charge in [0.1, 0.15) is 5.75 Å². The summed E-state index contributed by atoms with van der Waals surface area (Å²) < 4.78 is 0. The number of hydrogen-bond acceptors (Lipinski definition) is 6. The molecule has 1 aliphatic heterocycles. The van der Waals surface area contributed by atoms with E-state index in [9.17, 15) is 14.7 Å². The molecular formula is C23H22N4O3S. The molecule has 0 atom stereocenters. The molecule has 2 amide bonds. The van der Waals surface area contributed by atoms with E-state index in [1.165, 1.54) is 13.8 Å². The predicted octanol–water partition coefficient (Wildman–Crippen LogP) is 4.98. The molecule has 0 saturated carbocycles. The van der Waals surface area contributed by atoms with E-state index in [1.54, 1.807) is 30.0 Å². The van der Waals surface area contributed by atoms with Crippen LogP contribution < -0.4 is 20.9 Å². The van der Waals surface area contributed by atoms with Crippen LogP contribution in [0.3, 0.4) is 0 Å². The number of benzene rings is 3. The number of hydrogen-bond donors (Lipinski definition) is 4. The Bertz CT molecular complexity index is 1100. The zero-order valence-electron chi connectivity index (χ0n) is 17.1. The molecule has 1 heterocycles. The van der Waals surface area contributed by atoms with Crippen molar-refractivity contribution in [3.05, 3.63) is 60.7 Å². The molecule has 3 aromatic rings. The first-order valence-corrected chi connectivity index (χ1v) is 10.5. The van der Waals surface area contributed by atoms with Gasteiger partial charge in [0.25, 0.3) is 0 Å². The summed E-state index contributed by atoms with van der Waals surface area (Å²) in [5.41, 5.74) is 4.23. The van der Waals surface area contributed by atoms with Crippen LogP contribution >= 0.6 is 11.8 Å². The molecule has 1 aliphatic rings. The molecule has 0 bridgehead atoms. The number of amides is 2. The van der Waals surface area contributed by atoms with Crippen LogP contribution in [0, 0.1) is 0 Å². The lowest BCUT2D eigenvalue weighted by Crippen LogP contribution is -2.27. The molecular weight excluding hydrogens is 412 g/mol. The molecule has 0 saturated heterocycles. The quantitative estimate of drug-likeness (QED) is 0.452. The lowest BCUT2D eigenvalue weighted by atomic mass is 10.2. The number of nitrogens with zero attached hydrogens (tertiary/aromatic N) is 1. The van der Waals surface area contributed by atoms with Crippen molar-refractivity contribution >= 4 is 52.0 Å². The molecule has 8 heteroatoms. The van der Waals surface area contributed by atoms with Gasteiger partial charge in [-0.3, -0.25) is 9.59 Å². The third-order valence-electron chi connectivity index (χ3n) is 4.65. The Hall–Kier alpha value is -3.65. The standard InChI is InChI=1S/C23H22N4O3S/c1-14(28)25-17-6-8-20-22(11-17)31-23-12-18(26-15(2)29)7-9-21(23)27(20)13-24-16-4-3-5-19(30)10-16/h3-12,24,30H,13H2,1-2H3,(H,25,28)(H,26,29). The fourth-order valence-corrected chi connectivity index (χ4v) is 4.58. The fraction of sp³-hybridized carbons (Fsp3) is 0.130. The van der Waals surface area contributed by atoms with Gasteiger partial charge in [-0.15, -0.1) is 0 Å². The first-order chi connectivity index (χ1) is 14.9. The minimum atomic E-state index is -0.128. The molecule has 7 nitrogen and oxygen atoms in total. The lowest BCUT2D eigenvalue weighted by Gasteiger charge is -2.33. The Morgan fingerprint density at radius 2 is 1.42 bits per heavy atom. The lowest BCUT2D eigenvalue weighted by molar-refractivity contribution is -0.115. The Morgan fingerprint density at radius 3 is 1.94 bits per heavy atom.